The first kappa shape index (κ1) is 18.4. The Bertz CT molecular complexity index is 887. The van der Waals surface area contributed by atoms with E-state index in [1.807, 2.05) is 60.7 Å². The Labute approximate surface area is 164 Å². The molecule has 2 aromatic carbocycles. The molecule has 144 valence electrons. The van der Waals surface area contributed by atoms with Gasteiger partial charge in [0.05, 0.1) is 6.54 Å². The van der Waals surface area contributed by atoms with Gasteiger partial charge < -0.3 is 9.84 Å². The van der Waals surface area contributed by atoms with Crippen LogP contribution in [0.15, 0.2) is 65.2 Å². The molecule has 1 saturated heterocycles. The second-order valence-corrected chi connectivity index (χ2v) is 7.14. The lowest BCUT2D eigenvalue weighted by Gasteiger charge is -2.30. The first-order valence-corrected chi connectivity index (χ1v) is 9.70. The molecule has 2 heterocycles. The minimum atomic E-state index is 0.0742. The van der Waals surface area contributed by atoms with Crippen LogP contribution in [0.25, 0.3) is 11.5 Å². The summed E-state index contributed by atoms with van der Waals surface area (Å²) in [6.07, 6.45) is 1.70. The monoisotopic (exact) mass is 376 g/mol. The smallest absolute Gasteiger partial charge is 0.257 e. The van der Waals surface area contributed by atoms with E-state index in [9.17, 15) is 4.79 Å². The highest BCUT2D eigenvalue weighted by atomic mass is 16.5. The number of carbonyl (C=O) groups is 1. The zero-order chi connectivity index (χ0) is 19.2. The Morgan fingerprint density at radius 2 is 1.71 bits per heavy atom. The number of nitrogens with one attached hydrogen (secondary N) is 1. The molecule has 0 radical (unpaired) electrons. The Morgan fingerprint density at radius 3 is 2.43 bits per heavy atom. The molecule has 1 aliphatic rings. The predicted octanol–water partition coefficient (Wildman–Crippen LogP) is 3.27. The molecule has 0 bridgehead atoms. The molecule has 1 amide bonds. The van der Waals surface area contributed by atoms with Crippen LogP contribution in [0.1, 0.15) is 24.2 Å². The number of aromatic nitrogens is 2. The highest BCUT2D eigenvalue weighted by Gasteiger charge is 2.25. The summed E-state index contributed by atoms with van der Waals surface area (Å²) in [4.78, 5) is 19.2. The van der Waals surface area contributed by atoms with Gasteiger partial charge in [0.25, 0.3) is 5.89 Å². The van der Waals surface area contributed by atoms with Crippen LogP contribution in [-0.2, 0) is 17.9 Å². The molecule has 3 aromatic rings. The number of piperidine rings is 1. The van der Waals surface area contributed by atoms with Gasteiger partial charge in [0, 0.05) is 18.0 Å². The van der Waals surface area contributed by atoms with Gasteiger partial charge in [-0.25, -0.2) is 0 Å². The maximum Gasteiger partial charge on any atom is 0.257 e. The van der Waals surface area contributed by atoms with Crippen molar-refractivity contribution < 1.29 is 9.32 Å². The molecular formula is C22H24N4O2. The molecule has 1 aromatic heterocycles. The summed E-state index contributed by atoms with van der Waals surface area (Å²) in [6, 6.07) is 19.8. The van der Waals surface area contributed by atoms with Gasteiger partial charge in [0.2, 0.25) is 5.91 Å². The molecule has 6 heteroatoms. The summed E-state index contributed by atoms with van der Waals surface area (Å²) in [5.74, 6) is 1.45. The Kier molecular flexibility index (Phi) is 5.77. The molecule has 4 rings (SSSR count). The summed E-state index contributed by atoms with van der Waals surface area (Å²) in [5, 5.41) is 7.15. The number of hydrogen-bond donors (Lipinski definition) is 1. The molecule has 0 aliphatic carbocycles. The van der Waals surface area contributed by atoms with E-state index in [4.69, 9.17) is 4.52 Å². The predicted molar refractivity (Wildman–Crippen MR) is 106 cm³/mol. The normalized spacial score (nSPS) is 15.4. The second-order valence-electron chi connectivity index (χ2n) is 7.14. The van der Waals surface area contributed by atoms with Crippen molar-refractivity contribution in [3.8, 4) is 11.5 Å². The van der Waals surface area contributed by atoms with Gasteiger partial charge in [0.15, 0.2) is 5.82 Å². The first-order valence-electron chi connectivity index (χ1n) is 9.70. The molecule has 0 atom stereocenters. The Balaban J connectivity index is 1.24. The molecule has 28 heavy (non-hydrogen) atoms. The van der Waals surface area contributed by atoms with Crippen molar-refractivity contribution in [2.24, 2.45) is 5.92 Å². The fourth-order valence-electron chi connectivity index (χ4n) is 3.50. The van der Waals surface area contributed by atoms with Crippen LogP contribution in [-0.4, -0.2) is 34.0 Å². The number of hydrogen-bond acceptors (Lipinski definition) is 5. The standard InChI is InChI=1S/C22H24N4O2/c27-21(23-15-17-7-3-1-4-8-17)18-11-13-26(14-12-18)16-20-24-22(28-25-20)19-9-5-2-6-10-19/h1-10,18H,11-16H2,(H,23,27). The SMILES string of the molecule is O=C(NCc1ccccc1)C1CCN(Cc2noc(-c3ccccc3)n2)CC1. The van der Waals surface area contributed by atoms with Crippen LogP contribution >= 0.6 is 0 Å². The van der Waals surface area contributed by atoms with Crippen LogP contribution in [0.2, 0.25) is 0 Å². The molecule has 0 unspecified atom stereocenters. The van der Waals surface area contributed by atoms with Crippen LogP contribution in [0.3, 0.4) is 0 Å². The minimum absolute atomic E-state index is 0.0742. The number of carbonyl (C=O) groups excluding carboxylic acids is 1. The van der Waals surface area contributed by atoms with Gasteiger partial charge in [0.1, 0.15) is 0 Å². The van der Waals surface area contributed by atoms with Crippen molar-refractivity contribution in [2.45, 2.75) is 25.9 Å². The highest BCUT2D eigenvalue weighted by Crippen LogP contribution is 2.20. The minimum Gasteiger partial charge on any atom is -0.352 e. The molecule has 1 aliphatic heterocycles. The number of amides is 1. The molecule has 6 nitrogen and oxygen atoms in total. The van der Waals surface area contributed by atoms with E-state index in [2.05, 4.69) is 20.4 Å². The van der Waals surface area contributed by atoms with Crippen molar-refractivity contribution in [3.63, 3.8) is 0 Å². The average Bonchev–Trinajstić information content (AvgIpc) is 3.22. The van der Waals surface area contributed by atoms with Crippen molar-refractivity contribution in [1.29, 1.82) is 0 Å². The van der Waals surface area contributed by atoms with Gasteiger partial charge in [-0.05, 0) is 43.6 Å². The zero-order valence-electron chi connectivity index (χ0n) is 15.8. The average molecular weight is 376 g/mol. The molecular weight excluding hydrogens is 352 g/mol. The molecule has 0 spiro atoms. The number of rotatable bonds is 6. The van der Waals surface area contributed by atoms with E-state index in [1.165, 1.54) is 0 Å². The lowest BCUT2D eigenvalue weighted by atomic mass is 9.96. The van der Waals surface area contributed by atoms with Gasteiger partial charge in [-0.15, -0.1) is 0 Å². The van der Waals surface area contributed by atoms with Crippen molar-refractivity contribution >= 4 is 5.91 Å². The van der Waals surface area contributed by atoms with Crippen LogP contribution < -0.4 is 5.32 Å². The summed E-state index contributed by atoms with van der Waals surface area (Å²) in [5.41, 5.74) is 2.05. The highest BCUT2D eigenvalue weighted by molar-refractivity contribution is 5.78. The van der Waals surface area contributed by atoms with E-state index >= 15 is 0 Å². The zero-order valence-corrected chi connectivity index (χ0v) is 15.8. The van der Waals surface area contributed by atoms with Crippen LogP contribution in [0.4, 0.5) is 0 Å². The third-order valence-electron chi connectivity index (χ3n) is 5.12. The maximum absolute atomic E-state index is 12.4. The number of nitrogens with zero attached hydrogens (tertiary/aromatic N) is 3. The van der Waals surface area contributed by atoms with Gasteiger partial charge >= 0.3 is 0 Å². The fraction of sp³-hybridized carbons (Fsp3) is 0.318. The van der Waals surface area contributed by atoms with Crippen molar-refractivity contribution in [1.82, 2.24) is 20.4 Å². The van der Waals surface area contributed by atoms with Crippen molar-refractivity contribution in [2.75, 3.05) is 13.1 Å². The van der Waals surface area contributed by atoms with E-state index in [0.717, 1.165) is 37.1 Å². The maximum atomic E-state index is 12.4. The van der Waals surface area contributed by atoms with Crippen molar-refractivity contribution in [3.05, 3.63) is 72.1 Å². The van der Waals surface area contributed by atoms with Gasteiger partial charge in [-0.1, -0.05) is 53.7 Å². The molecule has 1 fully saturated rings. The van der Waals surface area contributed by atoms with Gasteiger partial charge in [-0.2, -0.15) is 4.98 Å². The fourth-order valence-corrected chi connectivity index (χ4v) is 3.50. The first-order chi connectivity index (χ1) is 13.8. The summed E-state index contributed by atoms with van der Waals surface area (Å²) >= 11 is 0. The molecule has 1 N–H and O–H groups in total. The van der Waals surface area contributed by atoms with Crippen LogP contribution in [0.5, 0.6) is 0 Å². The summed E-state index contributed by atoms with van der Waals surface area (Å²) in [7, 11) is 0. The topological polar surface area (TPSA) is 71.3 Å². The number of benzene rings is 2. The van der Waals surface area contributed by atoms with E-state index < -0.39 is 0 Å². The second kappa shape index (κ2) is 8.80. The quantitative estimate of drug-likeness (QED) is 0.715. The largest absolute Gasteiger partial charge is 0.352 e. The number of likely N-dealkylation sites (tertiary alicyclic amines) is 1. The van der Waals surface area contributed by atoms with Gasteiger partial charge in [-0.3, -0.25) is 9.69 Å². The lowest BCUT2D eigenvalue weighted by molar-refractivity contribution is -0.126. The third-order valence-corrected chi connectivity index (χ3v) is 5.12. The van der Waals surface area contributed by atoms with E-state index in [-0.39, 0.29) is 11.8 Å². The molecule has 0 saturated carbocycles. The Morgan fingerprint density at radius 1 is 1.04 bits per heavy atom. The summed E-state index contributed by atoms with van der Waals surface area (Å²) < 4.78 is 5.37. The van der Waals surface area contributed by atoms with E-state index in [0.29, 0.717) is 24.8 Å². The lowest BCUT2D eigenvalue weighted by Crippen LogP contribution is -2.40. The summed E-state index contributed by atoms with van der Waals surface area (Å²) in [6.45, 7) is 2.96. The van der Waals surface area contributed by atoms with Crippen LogP contribution in [0, 0.1) is 5.92 Å². The third kappa shape index (κ3) is 4.64. The Hall–Kier alpha value is -2.99. The van der Waals surface area contributed by atoms with E-state index in [1.54, 1.807) is 0 Å².